The first-order valence-electron chi connectivity index (χ1n) is 5.20. The van der Waals surface area contributed by atoms with Crippen LogP contribution in [-0.4, -0.2) is 33.7 Å². The van der Waals surface area contributed by atoms with Crippen LogP contribution in [0.1, 0.15) is 32.0 Å². The average molecular weight is 194 g/mol. The first-order valence-corrected chi connectivity index (χ1v) is 5.20. The summed E-state index contributed by atoms with van der Waals surface area (Å²) in [5.74, 6) is 0. The second-order valence-electron chi connectivity index (χ2n) is 4.24. The van der Waals surface area contributed by atoms with Gasteiger partial charge in [-0.05, 0) is 26.3 Å². The molecule has 2 rings (SSSR count). The van der Waals surface area contributed by atoms with E-state index in [4.69, 9.17) is 5.73 Å². The standard InChI is InChI=1S/C10H18N4/c1-7(2)14-6-4-8(11)10(14)9-3-5-12-13-9/h3,5,7-8,10H,4,6,11H2,1-2H3,(H,12,13)/t8-,10-/m0/s1. The third-order valence-corrected chi connectivity index (χ3v) is 2.99. The van der Waals surface area contributed by atoms with Crippen LogP contribution in [0.5, 0.6) is 0 Å². The lowest BCUT2D eigenvalue weighted by atomic mass is 10.1. The molecule has 0 saturated carbocycles. The van der Waals surface area contributed by atoms with Gasteiger partial charge in [-0.3, -0.25) is 10.00 Å². The van der Waals surface area contributed by atoms with Crippen molar-refractivity contribution in [1.82, 2.24) is 15.1 Å². The fourth-order valence-electron chi connectivity index (χ4n) is 2.26. The Balaban J connectivity index is 2.22. The molecule has 0 amide bonds. The summed E-state index contributed by atoms with van der Waals surface area (Å²) in [4.78, 5) is 2.43. The first-order chi connectivity index (χ1) is 6.70. The molecule has 0 spiro atoms. The molecular formula is C10H18N4. The molecule has 0 bridgehead atoms. The van der Waals surface area contributed by atoms with Gasteiger partial charge >= 0.3 is 0 Å². The first kappa shape index (κ1) is 9.68. The maximum atomic E-state index is 6.11. The van der Waals surface area contributed by atoms with Crippen LogP contribution in [0.15, 0.2) is 12.3 Å². The Morgan fingerprint density at radius 3 is 3.00 bits per heavy atom. The topological polar surface area (TPSA) is 57.9 Å². The number of hydrogen-bond acceptors (Lipinski definition) is 3. The van der Waals surface area contributed by atoms with E-state index in [-0.39, 0.29) is 6.04 Å². The van der Waals surface area contributed by atoms with Crippen LogP contribution in [0.3, 0.4) is 0 Å². The maximum absolute atomic E-state index is 6.11. The highest BCUT2D eigenvalue weighted by atomic mass is 15.3. The van der Waals surface area contributed by atoms with Crippen molar-refractivity contribution in [2.24, 2.45) is 5.73 Å². The van der Waals surface area contributed by atoms with Crippen LogP contribution in [0.25, 0.3) is 0 Å². The number of hydrogen-bond donors (Lipinski definition) is 2. The van der Waals surface area contributed by atoms with Gasteiger partial charge < -0.3 is 5.73 Å². The molecule has 3 N–H and O–H groups in total. The predicted molar refractivity (Wildman–Crippen MR) is 55.8 cm³/mol. The van der Waals surface area contributed by atoms with Gasteiger partial charge in [0.05, 0.1) is 11.7 Å². The zero-order valence-electron chi connectivity index (χ0n) is 8.77. The van der Waals surface area contributed by atoms with Crippen LogP contribution < -0.4 is 5.73 Å². The molecule has 1 aliphatic heterocycles. The van der Waals surface area contributed by atoms with Crippen LogP contribution >= 0.6 is 0 Å². The van der Waals surface area contributed by atoms with Crippen LogP contribution in [0.4, 0.5) is 0 Å². The fourth-order valence-corrected chi connectivity index (χ4v) is 2.26. The van der Waals surface area contributed by atoms with E-state index >= 15 is 0 Å². The summed E-state index contributed by atoms with van der Waals surface area (Å²) in [5.41, 5.74) is 7.25. The van der Waals surface area contributed by atoms with Crippen LogP contribution in [0, 0.1) is 0 Å². The summed E-state index contributed by atoms with van der Waals surface area (Å²) in [6.07, 6.45) is 2.86. The second-order valence-corrected chi connectivity index (χ2v) is 4.24. The van der Waals surface area contributed by atoms with E-state index in [0.29, 0.717) is 12.1 Å². The molecule has 1 aliphatic rings. The highest BCUT2D eigenvalue weighted by Crippen LogP contribution is 2.31. The number of nitrogens with two attached hydrogens (primary N) is 1. The van der Waals surface area contributed by atoms with E-state index in [0.717, 1.165) is 18.7 Å². The van der Waals surface area contributed by atoms with Crippen molar-refractivity contribution < 1.29 is 0 Å². The normalized spacial score (nSPS) is 28.9. The molecule has 1 aromatic heterocycles. The average Bonchev–Trinajstić information content (AvgIpc) is 2.71. The molecule has 1 saturated heterocycles. The zero-order chi connectivity index (χ0) is 10.1. The number of aromatic nitrogens is 2. The minimum Gasteiger partial charge on any atom is -0.326 e. The number of rotatable bonds is 2. The van der Waals surface area contributed by atoms with E-state index in [1.165, 1.54) is 0 Å². The number of nitrogens with one attached hydrogen (secondary N) is 1. The van der Waals surface area contributed by atoms with Gasteiger partial charge in [-0.1, -0.05) is 0 Å². The SMILES string of the molecule is CC(C)N1CC[C@H](N)[C@H]1c1ccn[nH]1. The van der Waals surface area contributed by atoms with Crippen molar-refractivity contribution in [2.45, 2.75) is 38.4 Å². The van der Waals surface area contributed by atoms with E-state index in [2.05, 4.69) is 28.9 Å². The molecule has 14 heavy (non-hydrogen) atoms. The molecule has 4 nitrogen and oxygen atoms in total. The molecular weight excluding hydrogens is 176 g/mol. The molecule has 1 fully saturated rings. The summed E-state index contributed by atoms with van der Waals surface area (Å²) in [6.45, 7) is 5.51. The van der Waals surface area contributed by atoms with Gasteiger partial charge in [0.15, 0.2) is 0 Å². The smallest absolute Gasteiger partial charge is 0.0670 e. The fraction of sp³-hybridized carbons (Fsp3) is 0.700. The Morgan fingerprint density at radius 1 is 1.64 bits per heavy atom. The molecule has 2 atom stereocenters. The van der Waals surface area contributed by atoms with Gasteiger partial charge in [-0.15, -0.1) is 0 Å². The molecule has 0 unspecified atom stereocenters. The summed E-state index contributed by atoms with van der Waals surface area (Å²) in [7, 11) is 0. The molecule has 2 heterocycles. The van der Waals surface area contributed by atoms with Gasteiger partial charge in [0, 0.05) is 24.8 Å². The lowest BCUT2D eigenvalue weighted by Crippen LogP contribution is -2.36. The van der Waals surface area contributed by atoms with Crippen LogP contribution in [0.2, 0.25) is 0 Å². The van der Waals surface area contributed by atoms with Gasteiger partial charge in [0.1, 0.15) is 0 Å². The summed E-state index contributed by atoms with van der Waals surface area (Å²) in [5, 5.41) is 7.01. The monoisotopic (exact) mass is 194 g/mol. The molecule has 4 heteroatoms. The Bertz CT molecular complexity index is 280. The quantitative estimate of drug-likeness (QED) is 0.735. The van der Waals surface area contributed by atoms with Crippen molar-refractivity contribution in [3.05, 3.63) is 18.0 Å². The highest BCUT2D eigenvalue weighted by molar-refractivity contribution is 5.11. The highest BCUT2D eigenvalue weighted by Gasteiger charge is 2.34. The Hall–Kier alpha value is -0.870. The zero-order valence-corrected chi connectivity index (χ0v) is 8.77. The minimum absolute atomic E-state index is 0.234. The van der Waals surface area contributed by atoms with E-state index in [1.54, 1.807) is 6.20 Å². The lowest BCUT2D eigenvalue weighted by molar-refractivity contribution is 0.194. The maximum Gasteiger partial charge on any atom is 0.0670 e. The van der Waals surface area contributed by atoms with E-state index in [9.17, 15) is 0 Å². The molecule has 78 valence electrons. The lowest BCUT2D eigenvalue weighted by Gasteiger charge is -2.29. The number of H-pyrrole nitrogens is 1. The molecule has 0 aromatic carbocycles. The summed E-state index contributed by atoms with van der Waals surface area (Å²) < 4.78 is 0. The summed E-state index contributed by atoms with van der Waals surface area (Å²) in [6, 6.07) is 3.11. The van der Waals surface area contributed by atoms with Gasteiger partial charge in [-0.25, -0.2) is 0 Å². The van der Waals surface area contributed by atoms with Crippen molar-refractivity contribution in [3.63, 3.8) is 0 Å². The largest absolute Gasteiger partial charge is 0.326 e. The Morgan fingerprint density at radius 2 is 2.43 bits per heavy atom. The molecule has 1 aromatic rings. The van der Waals surface area contributed by atoms with Crippen molar-refractivity contribution in [3.8, 4) is 0 Å². The predicted octanol–water partition coefficient (Wildman–Crippen LogP) is 0.892. The van der Waals surface area contributed by atoms with Crippen molar-refractivity contribution >= 4 is 0 Å². The van der Waals surface area contributed by atoms with Gasteiger partial charge in [-0.2, -0.15) is 5.10 Å². The van der Waals surface area contributed by atoms with Crippen molar-refractivity contribution in [2.75, 3.05) is 6.54 Å². The Labute approximate surface area is 84.5 Å². The second kappa shape index (κ2) is 3.71. The van der Waals surface area contributed by atoms with E-state index in [1.807, 2.05) is 6.07 Å². The third kappa shape index (κ3) is 1.55. The molecule has 0 radical (unpaired) electrons. The Kier molecular flexibility index (Phi) is 2.56. The summed E-state index contributed by atoms with van der Waals surface area (Å²) >= 11 is 0. The third-order valence-electron chi connectivity index (χ3n) is 2.99. The van der Waals surface area contributed by atoms with E-state index < -0.39 is 0 Å². The number of likely N-dealkylation sites (tertiary alicyclic amines) is 1. The van der Waals surface area contributed by atoms with Gasteiger partial charge in [0.25, 0.3) is 0 Å². The number of nitrogens with zero attached hydrogens (tertiary/aromatic N) is 2. The number of aromatic amines is 1. The molecule has 0 aliphatic carbocycles. The van der Waals surface area contributed by atoms with Crippen molar-refractivity contribution in [1.29, 1.82) is 0 Å². The minimum atomic E-state index is 0.234. The van der Waals surface area contributed by atoms with Gasteiger partial charge in [0.2, 0.25) is 0 Å². The van der Waals surface area contributed by atoms with Crippen LogP contribution in [-0.2, 0) is 0 Å².